The minimum atomic E-state index is 0.203. The molecule has 1 heterocycles. The molecular weight excluding hydrogens is 420 g/mol. The normalized spacial score (nSPS) is 16.7. The van der Waals surface area contributed by atoms with E-state index >= 15 is 0 Å². The Morgan fingerprint density at radius 3 is 1.91 bits per heavy atom. The molecule has 1 amide bonds. The topological polar surface area (TPSA) is 69.3 Å². The van der Waals surface area contributed by atoms with Crippen molar-refractivity contribution in [1.82, 2.24) is 10.2 Å². The lowest BCUT2D eigenvalue weighted by molar-refractivity contribution is -0.131. The van der Waals surface area contributed by atoms with Crippen molar-refractivity contribution in [2.45, 2.75) is 31.6 Å². The van der Waals surface area contributed by atoms with Gasteiger partial charge >= 0.3 is 0 Å². The first-order chi connectivity index (χ1) is 16.1. The molecule has 1 unspecified atom stereocenters. The molecule has 0 spiro atoms. The number of methoxy groups -OCH3 is 4. The quantitative estimate of drug-likeness (QED) is 0.588. The molecular formula is C26H34N2O5. The highest BCUT2D eigenvalue weighted by atomic mass is 16.5. The van der Waals surface area contributed by atoms with Crippen molar-refractivity contribution in [3.63, 3.8) is 0 Å². The van der Waals surface area contributed by atoms with E-state index in [1.54, 1.807) is 28.4 Å². The van der Waals surface area contributed by atoms with Gasteiger partial charge in [0.1, 0.15) is 0 Å². The molecule has 0 radical (unpaired) electrons. The molecule has 0 saturated heterocycles. The lowest BCUT2D eigenvalue weighted by atomic mass is 9.77. The summed E-state index contributed by atoms with van der Waals surface area (Å²) in [4.78, 5) is 14.8. The summed E-state index contributed by atoms with van der Waals surface area (Å²) in [5.74, 6) is 3.70. The molecule has 1 aliphatic heterocycles. The van der Waals surface area contributed by atoms with Crippen molar-refractivity contribution in [1.29, 1.82) is 0 Å². The van der Waals surface area contributed by atoms with Crippen LogP contribution in [0.15, 0.2) is 24.3 Å². The van der Waals surface area contributed by atoms with Gasteiger partial charge < -0.3 is 29.2 Å². The zero-order valence-electron chi connectivity index (χ0n) is 20.0. The Hall–Kier alpha value is -2.93. The Morgan fingerprint density at radius 2 is 1.36 bits per heavy atom. The number of fused-ring (bicyclic) bond motifs is 2. The summed E-state index contributed by atoms with van der Waals surface area (Å²) < 4.78 is 21.7. The highest BCUT2D eigenvalue weighted by molar-refractivity contribution is 5.76. The van der Waals surface area contributed by atoms with Gasteiger partial charge in [0.25, 0.3) is 0 Å². The Labute approximate surface area is 196 Å². The summed E-state index contributed by atoms with van der Waals surface area (Å²) in [6.07, 6.45) is 3.19. The molecule has 7 heteroatoms. The highest BCUT2D eigenvalue weighted by Gasteiger charge is 2.28. The van der Waals surface area contributed by atoms with Crippen LogP contribution < -0.4 is 24.3 Å². The first kappa shape index (κ1) is 23.2. The average molecular weight is 455 g/mol. The van der Waals surface area contributed by atoms with E-state index in [0.29, 0.717) is 18.9 Å². The van der Waals surface area contributed by atoms with E-state index in [0.717, 1.165) is 61.9 Å². The molecule has 0 aromatic heterocycles. The predicted octanol–water partition coefficient (Wildman–Crippen LogP) is 2.97. The molecule has 4 rings (SSSR count). The van der Waals surface area contributed by atoms with Gasteiger partial charge in [-0.3, -0.25) is 4.79 Å². The van der Waals surface area contributed by atoms with Crippen molar-refractivity contribution in [3.8, 4) is 23.0 Å². The van der Waals surface area contributed by atoms with Gasteiger partial charge in [-0.2, -0.15) is 0 Å². The third-order valence-electron chi connectivity index (χ3n) is 6.82. The molecule has 0 bridgehead atoms. The highest BCUT2D eigenvalue weighted by Crippen LogP contribution is 2.42. The molecule has 0 saturated carbocycles. The molecule has 33 heavy (non-hydrogen) atoms. The van der Waals surface area contributed by atoms with Crippen molar-refractivity contribution in [2.75, 3.05) is 54.6 Å². The van der Waals surface area contributed by atoms with Crippen LogP contribution >= 0.6 is 0 Å². The summed E-state index contributed by atoms with van der Waals surface area (Å²) in [5, 5.41) is 3.47. The second-order valence-corrected chi connectivity index (χ2v) is 8.62. The Bertz CT molecular complexity index is 972. The Balaban J connectivity index is 1.25. The van der Waals surface area contributed by atoms with Crippen LogP contribution in [0.2, 0.25) is 0 Å². The zero-order chi connectivity index (χ0) is 23.4. The minimum Gasteiger partial charge on any atom is -0.493 e. The number of hydrogen-bond donors (Lipinski definition) is 1. The molecule has 0 fully saturated rings. The van der Waals surface area contributed by atoms with Crippen LogP contribution in [0.3, 0.4) is 0 Å². The molecule has 1 atom stereocenters. The number of amides is 1. The maximum Gasteiger partial charge on any atom is 0.223 e. The van der Waals surface area contributed by atoms with Crippen LogP contribution in [0, 0.1) is 0 Å². The van der Waals surface area contributed by atoms with Crippen molar-refractivity contribution >= 4 is 5.91 Å². The fraction of sp³-hybridized carbons (Fsp3) is 0.500. The van der Waals surface area contributed by atoms with Crippen LogP contribution in [-0.2, 0) is 24.1 Å². The van der Waals surface area contributed by atoms with Gasteiger partial charge in [0.05, 0.1) is 28.4 Å². The first-order valence-electron chi connectivity index (χ1n) is 11.5. The average Bonchev–Trinajstić information content (AvgIpc) is 3.04. The number of carbonyl (C=O) groups is 1. The van der Waals surface area contributed by atoms with Crippen molar-refractivity contribution in [2.24, 2.45) is 0 Å². The number of carbonyl (C=O) groups excluding carboxylic acids is 1. The van der Waals surface area contributed by atoms with E-state index < -0.39 is 0 Å². The summed E-state index contributed by atoms with van der Waals surface area (Å²) in [7, 11) is 6.63. The first-order valence-corrected chi connectivity index (χ1v) is 11.5. The molecule has 1 N–H and O–H groups in total. The van der Waals surface area contributed by atoms with Crippen LogP contribution in [0.4, 0.5) is 0 Å². The van der Waals surface area contributed by atoms with E-state index in [9.17, 15) is 4.79 Å². The van der Waals surface area contributed by atoms with Gasteiger partial charge in [-0.05, 0) is 65.8 Å². The zero-order valence-corrected chi connectivity index (χ0v) is 20.0. The lowest BCUT2D eigenvalue weighted by Gasteiger charge is -2.31. The third-order valence-corrected chi connectivity index (χ3v) is 6.82. The van der Waals surface area contributed by atoms with Crippen LogP contribution in [0.25, 0.3) is 0 Å². The van der Waals surface area contributed by atoms with Gasteiger partial charge in [0.15, 0.2) is 23.0 Å². The van der Waals surface area contributed by atoms with Crippen LogP contribution in [0.1, 0.15) is 34.6 Å². The fourth-order valence-corrected chi connectivity index (χ4v) is 4.85. The standard InChI is InChI=1S/C26H34N2O5/c1-30-22-12-17-6-9-28(10-7-18(17)13-23(22)31-2)26(29)5-8-27-16-20-11-19-14-24(32-3)25(33-4)15-21(19)20/h12-15,20,27H,5-11,16H2,1-4H3. The number of rotatable bonds is 9. The van der Waals surface area contributed by atoms with Crippen LogP contribution in [-0.4, -0.2) is 65.4 Å². The van der Waals surface area contributed by atoms with Crippen LogP contribution in [0.5, 0.6) is 23.0 Å². The smallest absolute Gasteiger partial charge is 0.223 e. The molecule has 2 aromatic rings. The lowest BCUT2D eigenvalue weighted by Crippen LogP contribution is -2.36. The van der Waals surface area contributed by atoms with E-state index in [1.165, 1.54) is 22.3 Å². The molecule has 1 aliphatic carbocycles. The molecule has 2 aromatic carbocycles. The van der Waals surface area contributed by atoms with Gasteiger partial charge in [-0.15, -0.1) is 0 Å². The van der Waals surface area contributed by atoms with Gasteiger partial charge in [-0.1, -0.05) is 0 Å². The Kier molecular flexibility index (Phi) is 7.28. The van der Waals surface area contributed by atoms with Gasteiger partial charge in [-0.25, -0.2) is 0 Å². The van der Waals surface area contributed by atoms with Gasteiger partial charge in [0, 0.05) is 38.5 Å². The number of nitrogens with one attached hydrogen (secondary N) is 1. The third kappa shape index (κ3) is 4.88. The second-order valence-electron chi connectivity index (χ2n) is 8.62. The van der Waals surface area contributed by atoms with Crippen molar-refractivity contribution in [3.05, 3.63) is 46.5 Å². The summed E-state index contributed by atoms with van der Waals surface area (Å²) in [6.45, 7) is 3.02. The SMILES string of the molecule is COc1cc2c(cc1OC)CCN(C(=O)CCNCC1Cc3cc(OC)c(OC)cc31)CC2. The largest absolute Gasteiger partial charge is 0.493 e. The maximum atomic E-state index is 12.8. The fourth-order valence-electron chi connectivity index (χ4n) is 4.85. The molecule has 2 aliphatic rings. The maximum absolute atomic E-state index is 12.8. The molecule has 7 nitrogen and oxygen atoms in total. The number of hydrogen-bond acceptors (Lipinski definition) is 6. The summed E-state index contributed by atoms with van der Waals surface area (Å²) in [6, 6.07) is 8.24. The second kappa shape index (κ2) is 10.3. The number of benzene rings is 2. The van der Waals surface area contributed by atoms with Gasteiger partial charge in [0.2, 0.25) is 5.91 Å². The number of ether oxygens (including phenoxy) is 4. The monoisotopic (exact) mass is 454 g/mol. The van der Waals surface area contributed by atoms with E-state index in [4.69, 9.17) is 18.9 Å². The summed E-state index contributed by atoms with van der Waals surface area (Å²) >= 11 is 0. The van der Waals surface area contributed by atoms with E-state index in [1.807, 2.05) is 17.0 Å². The number of nitrogens with zero attached hydrogens (tertiary/aromatic N) is 1. The predicted molar refractivity (Wildman–Crippen MR) is 127 cm³/mol. The Morgan fingerprint density at radius 1 is 0.848 bits per heavy atom. The summed E-state index contributed by atoms with van der Waals surface area (Å²) in [5.41, 5.74) is 5.09. The minimum absolute atomic E-state index is 0.203. The molecule has 178 valence electrons. The van der Waals surface area contributed by atoms with Crippen molar-refractivity contribution < 1.29 is 23.7 Å². The van der Waals surface area contributed by atoms with E-state index in [2.05, 4.69) is 17.4 Å². The van der Waals surface area contributed by atoms with E-state index in [-0.39, 0.29) is 5.91 Å².